The molecule has 1 aliphatic heterocycles. The van der Waals surface area contributed by atoms with Gasteiger partial charge in [-0.15, -0.1) is 0 Å². The monoisotopic (exact) mass is 685 g/mol. The SMILES string of the molecule is Cc1cc(Oc2ccccc2F)cc(F)c1-n1ncc(C(=O)c2cc3cc(OCC(F)F)c(C4CCN(S(C)(=O)=O)CC4)cc3[nH]2)c1N. The first-order valence-electron chi connectivity index (χ1n) is 14.9. The molecule has 0 bridgehead atoms. The number of fused-ring (bicyclic) bond motifs is 1. The fourth-order valence-corrected chi connectivity index (χ4v) is 6.81. The van der Waals surface area contributed by atoms with E-state index in [0.29, 0.717) is 34.9 Å². The number of aromatic amines is 1. The minimum absolute atomic E-state index is 0.0189. The zero-order valence-electron chi connectivity index (χ0n) is 25.8. The second kappa shape index (κ2) is 13.0. The van der Waals surface area contributed by atoms with Gasteiger partial charge in [0, 0.05) is 30.1 Å². The Labute approximate surface area is 273 Å². The van der Waals surface area contributed by atoms with Gasteiger partial charge in [0.05, 0.1) is 23.7 Å². The number of para-hydroxylation sites is 1. The summed E-state index contributed by atoms with van der Waals surface area (Å²) in [4.78, 5) is 16.7. The number of rotatable bonds is 10. The van der Waals surface area contributed by atoms with Crippen molar-refractivity contribution in [2.45, 2.75) is 32.1 Å². The molecule has 3 aromatic carbocycles. The number of halogens is 4. The first kappa shape index (κ1) is 33.0. The Morgan fingerprint density at radius 1 is 1.06 bits per heavy atom. The minimum atomic E-state index is -3.37. The van der Waals surface area contributed by atoms with Gasteiger partial charge in [-0.25, -0.2) is 35.0 Å². The lowest BCUT2D eigenvalue weighted by Crippen LogP contribution is -2.37. The zero-order chi connectivity index (χ0) is 34.3. The maximum atomic E-state index is 15.4. The number of H-pyrrole nitrogens is 1. The largest absolute Gasteiger partial charge is 0.487 e. The molecule has 10 nitrogen and oxygen atoms in total. The molecule has 2 aromatic heterocycles. The van der Waals surface area contributed by atoms with Gasteiger partial charge >= 0.3 is 0 Å². The summed E-state index contributed by atoms with van der Waals surface area (Å²) in [5, 5.41) is 4.68. The Bertz CT molecular complexity index is 2100. The van der Waals surface area contributed by atoms with E-state index in [4.69, 9.17) is 15.2 Å². The fourth-order valence-electron chi connectivity index (χ4n) is 5.94. The predicted molar refractivity (Wildman–Crippen MR) is 171 cm³/mol. The number of nitrogens with zero attached hydrogens (tertiary/aromatic N) is 3. The van der Waals surface area contributed by atoms with E-state index in [1.807, 2.05) is 0 Å². The maximum absolute atomic E-state index is 15.4. The van der Waals surface area contributed by atoms with Crippen molar-refractivity contribution < 1.29 is 40.2 Å². The van der Waals surface area contributed by atoms with E-state index < -0.39 is 40.5 Å². The molecule has 0 amide bonds. The number of piperidine rings is 1. The van der Waals surface area contributed by atoms with Crippen molar-refractivity contribution in [2.24, 2.45) is 0 Å². The van der Waals surface area contributed by atoms with Gasteiger partial charge in [0.2, 0.25) is 15.8 Å². The number of nitrogens with two attached hydrogens (primary N) is 1. The molecule has 48 heavy (non-hydrogen) atoms. The molecule has 3 N–H and O–H groups in total. The topological polar surface area (TPSA) is 133 Å². The zero-order valence-corrected chi connectivity index (χ0v) is 26.7. The fraction of sp³-hybridized carbons (Fsp3) is 0.273. The van der Waals surface area contributed by atoms with E-state index in [9.17, 15) is 26.4 Å². The third-order valence-corrected chi connectivity index (χ3v) is 9.58. The van der Waals surface area contributed by atoms with E-state index in [0.717, 1.165) is 17.0 Å². The van der Waals surface area contributed by atoms with E-state index in [2.05, 4.69) is 10.1 Å². The van der Waals surface area contributed by atoms with Gasteiger partial charge < -0.3 is 20.2 Å². The van der Waals surface area contributed by atoms with E-state index in [1.54, 1.807) is 25.1 Å². The van der Waals surface area contributed by atoms with Gasteiger partial charge in [-0.1, -0.05) is 12.1 Å². The van der Waals surface area contributed by atoms with Crippen LogP contribution in [0.25, 0.3) is 16.6 Å². The van der Waals surface area contributed by atoms with Crippen molar-refractivity contribution in [3.05, 3.63) is 94.8 Å². The summed E-state index contributed by atoms with van der Waals surface area (Å²) in [6.07, 6.45) is 0.552. The first-order valence-corrected chi connectivity index (χ1v) is 16.8. The second-order valence-electron chi connectivity index (χ2n) is 11.6. The standard InChI is InChI=1S/C33H31F4N5O5S/c1-18-11-21(47-28-6-4-3-5-24(28)34)14-25(35)31(18)42-33(38)23(16-39-42)32(43)27-12-20-13-29(46-17-30(36)37)22(15-26(20)40-27)19-7-9-41(10-8-19)48(2,44)45/h3-6,11-16,19,30,40H,7-10,17,38H2,1-2H3. The summed E-state index contributed by atoms with van der Waals surface area (Å²) in [5.74, 6) is -2.04. The van der Waals surface area contributed by atoms with E-state index >= 15 is 4.39 Å². The summed E-state index contributed by atoms with van der Waals surface area (Å²) >= 11 is 0. The number of hydrogen-bond donors (Lipinski definition) is 2. The van der Waals surface area contributed by atoms with Crippen LogP contribution in [0.4, 0.5) is 23.4 Å². The molecule has 0 unspecified atom stereocenters. The van der Waals surface area contributed by atoms with Crippen LogP contribution in [0.15, 0.2) is 60.8 Å². The van der Waals surface area contributed by atoms with Crippen LogP contribution in [-0.2, 0) is 10.0 Å². The number of carbonyl (C=O) groups excluding carboxylic acids is 1. The van der Waals surface area contributed by atoms with Gasteiger partial charge in [0.25, 0.3) is 6.43 Å². The molecule has 3 heterocycles. The number of sulfonamides is 1. The highest BCUT2D eigenvalue weighted by Gasteiger charge is 2.29. The lowest BCUT2D eigenvalue weighted by atomic mass is 9.89. The highest BCUT2D eigenvalue weighted by Crippen LogP contribution is 2.38. The van der Waals surface area contributed by atoms with Crippen LogP contribution in [0.1, 0.15) is 45.9 Å². The summed E-state index contributed by atoms with van der Waals surface area (Å²) in [7, 11) is -3.37. The van der Waals surface area contributed by atoms with Crippen LogP contribution in [0, 0.1) is 18.6 Å². The van der Waals surface area contributed by atoms with Gasteiger partial charge in [-0.05, 0) is 73.2 Å². The third-order valence-electron chi connectivity index (χ3n) is 8.28. The summed E-state index contributed by atoms with van der Waals surface area (Å²) in [5.41, 5.74) is 7.90. The van der Waals surface area contributed by atoms with Crippen LogP contribution in [0.5, 0.6) is 17.2 Å². The lowest BCUT2D eigenvalue weighted by Gasteiger charge is -2.31. The van der Waals surface area contributed by atoms with Crippen molar-refractivity contribution in [1.82, 2.24) is 19.1 Å². The Morgan fingerprint density at radius 2 is 1.79 bits per heavy atom. The van der Waals surface area contributed by atoms with E-state index in [-0.39, 0.29) is 59.0 Å². The Hall–Kier alpha value is -4.89. The lowest BCUT2D eigenvalue weighted by molar-refractivity contribution is 0.0811. The normalized spacial score (nSPS) is 14.6. The molecule has 0 aliphatic carbocycles. The number of nitrogen functional groups attached to an aromatic ring is 1. The molecule has 0 saturated carbocycles. The number of nitrogens with one attached hydrogen (secondary N) is 1. The molecule has 1 fully saturated rings. The number of anilines is 1. The Kier molecular flexibility index (Phi) is 8.92. The summed E-state index contributed by atoms with van der Waals surface area (Å²) < 4.78 is 93.1. The van der Waals surface area contributed by atoms with Crippen molar-refractivity contribution in [2.75, 3.05) is 31.7 Å². The Balaban J connectivity index is 1.29. The second-order valence-corrected chi connectivity index (χ2v) is 13.6. The van der Waals surface area contributed by atoms with Crippen molar-refractivity contribution >= 4 is 32.5 Å². The summed E-state index contributed by atoms with van der Waals surface area (Å²) in [6, 6.07) is 13.1. The molecule has 1 aliphatic rings. The molecule has 0 atom stereocenters. The number of carbonyl (C=O) groups is 1. The number of ketones is 1. The van der Waals surface area contributed by atoms with Gasteiger partial charge in [0.15, 0.2) is 17.4 Å². The first-order chi connectivity index (χ1) is 22.8. The van der Waals surface area contributed by atoms with Crippen LogP contribution in [0.3, 0.4) is 0 Å². The summed E-state index contributed by atoms with van der Waals surface area (Å²) in [6.45, 7) is 1.30. The molecule has 252 valence electrons. The molecular formula is C33H31F4N5O5S. The molecule has 0 spiro atoms. The van der Waals surface area contributed by atoms with Crippen LogP contribution in [-0.4, -0.2) is 65.6 Å². The van der Waals surface area contributed by atoms with Crippen LogP contribution in [0.2, 0.25) is 0 Å². The van der Waals surface area contributed by atoms with Crippen LogP contribution >= 0.6 is 0 Å². The van der Waals surface area contributed by atoms with Gasteiger partial charge in [-0.3, -0.25) is 4.79 Å². The predicted octanol–water partition coefficient (Wildman–Crippen LogP) is 6.33. The smallest absolute Gasteiger partial charge is 0.272 e. The number of hydrogen-bond acceptors (Lipinski definition) is 7. The quantitative estimate of drug-likeness (QED) is 0.130. The molecule has 0 radical (unpaired) electrons. The number of benzene rings is 3. The number of aromatic nitrogens is 3. The van der Waals surface area contributed by atoms with Gasteiger partial charge in [0.1, 0.15) is 29.6 Å². The number of alkyl halides is 2. The van der Waals surface area contributed by atoms with Crippen molar-refractivity contribution in [1.29, 1.82) is 0 Å². The van der Waals surface area contributed by atoms with Crippen LogP contribution < -0.4 is 15.2 Å². The average molecular weight is 686 g/mol. The molecule has 6 rings (SSSR count). The molecule has 5 aromatic rings. The highest BCUT2D eigenvalue weighted by atomic mass is 32.2. The minimum Gasteiger partial charge on any atom is -0.487 e. The molecular weight excluding hydrogens is 654 g/mol. The highest BCUT2D eigenvalue weighted by molar-refractivity contribution is 7.88. The molecule has 1 saturated heterocycles. The molecule has 15 heteroatoms. The Morgan fingerprint density at radius 3 is 2.46 bits per heavy atom. The van der Waals surface area contributed by atoms with Crippen molar-refractivity contribution in [3.8, 4) is 22.9 Å². The van der Waals surface area contributed by atoms with E-state index in [1.165, 1.54) is 40.8 Å². The third kappa shape index (κ3) is 6.60. The van der Waals surface area contributed by atoms with Crippen molar-refractivity contribution in [3.63, 3.8) is 0 Å². The van der Waals surface area contributed by atoms with Gasteiger partial charge in [-0.2, -0.15) is 5.10 Å². The maximum Gasteiger partial charge on any atom is 0.272 e. The number of ether oxygens (including phenoxy) is 2. The number of aryl methyl sites for hydroxylation is 1. The average Bonchev–Trinajstić information content (AvgIpc) is 3.62.